The van der Waals surface area contributed by atoms with E-state index in [1.165, 1.54) is 25.7 Å². The maximum absolute atomic E-state index is 12.9. The molecule has 3 fully saturated rings. The lowest BCUT2D eigenvalue weighted by Gasteiger charge is -2.38. The van der Waals surface area contributed by atoms with Gasteiger partial charge in [-0.1, -0.05) is 12.8 Å². The normalized spacial score (nSPS) is 30.4. The number of piperidine rings is 1. The SMILES string of the molecule is CC(N)C1CCCN(C(=O)C2CCC(NC(=O)CC3CCCC3)CC2)C1.Cl. The van der Waals surface area contributed by atoms with Crippen molar-refractivity contribution in [2.75, 3.05) is 13.1 Å². The van der Waals surface area contributed by atoms with Crippen molar-refractivity contribution in [1.82, 2.24) is 10.2 Å². The highest BCUT2D eigenvalue weighted by molar-refractivity contribution is 5.85. The van der Waals surface area contributed by atoms with Crippen LogP contribution in [0.2, 0.25) is 0 Å². The molecule has 0 bridgehead atoms. The minimum Gasteiger partial charge on any atom is -0.353 e. The van der Waals surface area contributed by atoms with Crippen LogP contribution in [0.25, 0.3) is 0 Å². The van der Waals surface area contributed by atoms with Gasteiger partial charge in [-0.15, -0.1) is 12.4 Å². The number of amides is 2. The zero-order valence-corrected chi connectivity index (χ0v) is 17.6. The summed E-state index contributed by atoms with van der Waals surface area (Å²) in [6.07, 6.45) is 11.6. The van der Waals surface area contributed by atoms with E-state index >= 15 is 0 Å². The fourth-order valence-corrected chi connectivity index (χ4v) is 5.15. The van der Waals surface area contributed by atoms with Gasteiger partial charge in [0.05, 0.1) is 0 Å². The first-order valence-electron chi connectivity index (χ1n) is 10.9. The highest BCUT2D eigenvalue weighted by atomic mass is 35.5. The van der Waals surface area contributed by atoms with Crippen molar-refractivity contribution < 1.29 is 9.59 Å². The summed E-state index contributed by atoms with van der Waals surface area (Å²) in [5.41, 5.74) is 6.05. The average molecular weight is 400 g/mol. The summed E-state index contributed by atoms with van der Waals surface area (Å²) >= 11 is 0. The van der Waals surface area contributed by atoms with Crippen LogP contribution in [0.3, 0.4) is 0 Å². The molecule has 1 heterocycles. The minimum absolute atomic E-state index is 0. The van der Waals surface area contributed by atoms with Crippen LogP contribution in [0.5, 0.6) is 0 Å². The molecule has 1 saturated heterocycles. The highest BCUT2D eigenvalue weighted by Gasteiger charge is 2.33. The second-order valence-electron chi connectivity index (χ2n) is 9.02. The number of nitrogens with zero attached hydrogens (tertiary/aromatic N) is 1. The van der Waals surface area contributed by atoms with Gasteiger partial charge < -0.3 is 16.0 Å². The second-order valence-corrected chi connectivity index (χ2v) is 9.02. The van der Waals surface area contributed by atoms with Crippen molar-refractivity contribution in [3.63, 3.8) is 0 Å². The Balaban J connectivity index is 0.00000261. The molecular weight excluding hydrogens is 362 g/mol. The molecule has 3 N–H and O–H groups in total. The molecule has 3 rings (SSSR count). The van der Waals surface area contributed by atoms with Gasteiger partial charge in [-0.3, -0.25) is 9.59 Å². The van der Waals surface area contributed by atoms with Crippen molar-refractivity contribution >= 4 is 24.2 Å². The lowest BCUT2D eigenvalue weighted by molar-refractivity contribution is -0.138. The summed E-state index contributed by atoms with van der Waals surface area (Å²) in [7, 11) is 0. The third kappa shape index (κ3) is 6.35. The Hall–Kier alpha value is -0.810. The van der Waals surface area contributed by atoms with E-state index in [1.54, 1.807) is 0 Å². The summed E-state index contributed by atoms with van der Waals surface area (Å²) in [4.78, 5) is 27.2. The number of rotatable bonds is 5. The summed E-state index contributed by atoms with van der Waals surface area (Å²) < 4.78 is 0. The van der Waals surface area contributed by atoms with E-state index in [2.05, 4.69) is 17.1 Å². The smallest absolute Gasteiger partial charge is 0.225 e. The average Bonchev–Trinajstić information content (AvgIpc) is 3.14. The van der Waals surface area contributed by atoms with Crippen LogP contribution in [0, 0.1) is 17.8 Å². The first-order chi connectivity index (χ1) is 12.5. The number of carbonyl (C=O) groups is 2. The third-order valence-electron chi connectivity index (χ3n) is 6.90. The molecule has 6 heteroatoms. The monoisotopic (exact) mass is 399 g/mol. The van der Waals surface area contributed by atoms with Crippen LogP contribution in [-0.4, -0.2) is 41.9 Å². The Kier molecular flexibility index (Phi) is 8.87. The number of nitrogens with one attached hydrogen (secondary N) is 1. The molecule has 0 aromatic carbocycles. The molecule has 5 nitrogen and oxygen atoms in total. The largest absolute Gasteiger partial charge is 0.353 e. The summed E-state index contributed by atoms with van der Waals surface area (Å²) in [5, 5.41) is 3.23. The summed E-state index contributed by atoms with van der Waals surface area (Å²) in [5.74, 6) is 1.74. The fourth-order valence-electron chi connectivity index (χ4n) is 5.15. The Morgan fingerprint density at radius 3 is 2.33 bits per heavy atom. The van der Waals surface area contributed by atoms with E-state index in [0.29, 0.717) is 24.2 Å². The van der Waals surface area contributed by atoms with Gasteiger partial charge in [0.15, 0.2) is 0 Å². The number of halogens is 1. The lowest BCUT2D eigenvalue weighted by atomic mass is 9.84. The topological polar surface area (TPSA) is 75.4 Å². The van der Waals surface area contributed by atoms with E-state index < -0.39 is 0 Å². The van der Waals surface area contributed by atoms with Gasteiger partial charge in [0.1, 0.15) is 0 Å². The molecule has 0 radical (unpaired) electrons. The number of carbonyl (C=O) groups excluding carboxylic acids is 2. The van der Waals surface area contributed by atoms with Crippen molar-refractivity contribution in [3.05, 3.63) is 0 Å². The van der Waals surface area contributed by atoms with Crippen molar-refractivity contribution in [3.8, 4) is 0 Å². The number of likely N-dealkylation sites (tertiary alicyclic amines) is 1. The molecule has 0 aromatic rings. The highest BCUT2D eigenvalue weighted by Crippen LogP contribution is 2.30. The Bertz CT molecular complexity index is 486. The van der Waals surface area contributed by atoms with Crippen molar-refractivity contribution in [1.29, 1.82) is 0 Å². The summed E-state index contributed by atoms with van der Waals surface area (Å²) in [6.45, 7) is 3.77. The van der Waals surface area contributed by atoms with Gasteiger partial charge in [0.2, 0.25) is 11.8 Å². The Morgan fingerprint density at radius 2 is 1.70 bits per heavy atom. The lowest BCUT2D eigenvalue weighted by Crippen LogP contribution is -2.48. The Morgan fingerprint density at radius 1 is 1.04 bits per heavy atom. The van der Waals surface area contributed by atoms with Gasteiger partial charge in [-0.2, -0.15) is 0 Å². The molecule has 0 aromatic heterocycles. The van der Waals surface area contributed by atoms with E-state index in [1.807, 2.05) is 0 Å². The molecule has 2 saturated carbocycles. The predicted molar refractivity (Wildman–Crippen MR) is 111 cm³/mol. The quantitative estimate of drug-likeness (QED) is 0.745. The maximum Gasteiger partial charge on any atom is 0.225 e. The van der Waals surface area contributed by atoms with Crippen molar-refractivity contribution in [2.24, 2.45) is 23.5 Å². The van der Waals surface area contributed by atoms with E-state index in [0.717, 1.165) is 51.6 Å². The predicted octanol–water partition coefficient (Wildman–Crippen LogP) is 3.25. The second kappa shape index (κ2) is 10.7. The van der Waals surface area contributed by atoms with Gasteiger partial charge in [0.25, 0.3) is 0 Å². The molecule has 1 aliphatic heterocycles. The minimum atomic E-state index is 0. The molecule has 2 atom stereocenters. The Labute approximate surface area is 170 Å². The molecule has 2 amide bonds. The number of hydrogen-bond donors (Lipinski definition) is 2. The van der Waals surface area contributed by atoms with E-state index in [-0.39, 0.29) is 36.3 Å². The van der Waals surface area contributed by atoms with Gasteiger partial charge in [-0.05, 0) is 70.1 Å². The molecule has 2 aliphatic carbocycles. The molecule has 27 heavy (non-hydrogen) atoms. The van der Waals surface area contributed by atoms with Gasteiger partial charge in [0, 0.05) is 37.5 Å². The molecule has 156 valence electrons. The zero-order chi connectivity index (χ0) is 18.5. The molecule has 2 unspecified atom stereocenters. The third-order valence-corrected chi connectivity index (χ3v) is 6.90. The number of hydrogen-bond acceptors (Lipinski definition) is 3. The zero-order valence-electron chi connectivity index (χ0n) is 16.8. The van der Waals surface area contributed by atoms with Gasteiger partial charge >= 0.3 is 0 Å². The van der Waals surface area contributed by atoms with Crippen LogP contribution in [-0.2, 0) is 9.59 Å². The van der Waals surface area contributed by atoms with Crippen LogP contribution < -0.4 is 11.1 Å². The van der Waals surface area contributed by atoms with Crippen molar-refractivity contribution in [2.45, 2.75) is 89.6 Å². The first-order valence-corrected chi connectivity index (χ1v) is 10.9. The van der Waals surface area contributed by atoms with Crippen LogP contribution in [0.15, 0.2) is 0 Å². The van der Waals surface area contributed by atoms with E-state index in [9.17, 15) is 9.59 Å². The van der Waals surface area contributed by atoms with Crippen LogP contribution >= 0.6 is 12.4 Å². The number of nitrogens with two attached hydrogens (primary N) is 1. The molecular formula is C21H38ClN3O2. The maximum atomic E-state index is 12.9. The first kappa shape index (κ1) is 22.5. The summed E-state index contributed by atoms with van der Waals surface area (Å²) in [6, 6.07) is 0.433. The molecule has 0 spiro atoms. The molecule has 3 aliphatic rings. The van der Waals surface area contributed by atoms with Crippen LogP contribution in [0.4, 0.5) is 0 Å². The van der Waals surface area contributed by atoms with Gasteiger partial charge in [-0.25, -0.2) is 0 Å². The fraction of sp³-hybridized carbons (Fsp3) is 0.905. The standard InChI is InChI=1S/C21H37N3O2.ClH/c1-15(22)18-7-4-12-24(14-18)21(26)17-8-10-19(11-9-17)23-20(25)13-16-5-2-3-6-16;/h15-19H,2-14,22H2,1H3,(H,23,25);1H. The van der Waals surface area contributed by atoms with Crippen LogP contribution in [0.1, 0.15) is 77.6 Å². The van der Waals surface area contributed by atoms with E-state index in [4.69, 9.17) is 5.73 Å².